The van der Waals surface area contributed by atoms with Gasteiger partial charge in [-0.25, -0.2) is 4.99 Å². The van der Waals surface area contributed by atoms with Gasteiger partial charge < -0.3 is 4.74 Å². The number of benzene rings is 3. The van der Waals surface area contributed by atoms with E-state index in [1.807, 2.05) is 61.5 Å². The highest BCUT2D eigenvalue weighted by molar-refractivity contribution is 14.1. The first-order valence-electron chi connectivity index (χ1n) is 10.4. The Morgan fingerprint density at radius 2 is 1.80 bits per heavy atom. The molecule has 1 fully saturated rings. The fourth-order valence-electron chi connectivity index (χ4n) is 3.25. The topological polar surface area (TPSA) is 41.9 Å². The Bertz CT molecular complexity index is 1340. The predicted octanol–water partition coefficient (Wildman–Crippen LogP) is 9.17. The summed E-state index contributed by atoms with van der Waals surface area (Å²) in [6.45, 7) is 2.84. The number of halogens is 5. The SMILES string of the molecule is CCN1C(=O)/C(=C/c2cc(I)c(OCc3ccccc3Cl)c(I)c2)SC1=Nc1ccc(Br)c(Cl)c1. The molecule has 0 aromatic heterocycles. The Morgan fingerprint density at radius 3 is 2.46 bits per heavy atom. The van der Waals surface area contributed by atoms with Crippen LogP contribution in [0.25, 0.3) is 6.08 Å². The van der Waals surface area contributed by atoms with E-state index >= 15 is 0 Å². The van der Waals surface area contributed by atoms with Crippen molar-refractivity contribution < 1.29 is 9.53 Å². The van der Waals surface area contributed by atoms with Gasteiger partial charge in [-0.3, -0.25) is 9.69 Å². The maximum atomic E-state index is 13.1. The Labute approximate surface area is 253 Å². The molecule has 0 saturated carbocycles. The number of hydrogen-bond acceptors (Lipinski definition) is 4. The molecule has 1 aliphatic rings. The Balaban J connectivity index is 1.57. The highest BCUT2D eigenvalue weighted by Crippen LogP contribution is 2.37. The third-order valence-electron chi connectivity index (χ3n) is 4.98. The maximum Gasteiger partial charge on any atom is 0.266 e. The molecular formula is C25H17BrCl2I2N2O2S. The summed E-state index contributed by atoms with van der Waals surface area (Å²) in [6, 6.07) is 17.1. The van der Waals surface area contributed by atoms with Gasteiger partial charge in [0.2, 0.25) is 0 Å². The molecule has 4 nitrogen and oxygen atoms in total. The lowest BCUT2D eigenvalue weighted by molar-refractivity contribution is -0.122. The summed E-state index contributed by atoms with van der Waals surface area (Å²) < 4.78 is 8.79. The third-order valence-corrected chi connectivity index (χ3v) is 9.19. The van der Waals surface area contributed by atoms with E-state index in [1.165, 1.54) is 11.8 Å². The first-order valence-corrected chi connectivity index (χ1v) is 14.9. The summed E-state index contributed by atoms with van der Waals surface area (Å²) in [6.07, 6.45) is 1.90. The predicted molar refractivity (Wildman–Crippen MR) is 167 cm³/mol. The molecule has 0 spiro atoms. The van der Waals surface area contributed by atoms with Gasteiger partial charge in [0.15, 0.2) is 5.17 Å². The zero-order valence-electron chi connectivity index (χ0n) is 18.2. The number of aliphatic imine (C=N–C) groups is 1. The Morgan fingerprint density at radius 1 is 1.09 bits per heavy atom. The van der Waals surface area contributed by atoms with Crippen LogP contribution in [-0.2, 0) is 11.4 Å². The molecule has 0 aliphatic carbocycles. The van der Waals surface area contributed by atoms with Gasteiger partial charge in [-0.15, -0.1) is 0 Å². The minimum atomic E-state index is -0.0662. The summed E-state index contributed by atoms with van der Waals surface area (Å²) in [5.41, 5.74) is 2.54. The van der Waals surface area contributed by atoms with Crippen molar-refractivity contribution in [2.75, 3.05) is 6.54 Å². The van der Waals surface area contributed by atoms with Gasteiger partial charge >= 0.3 is 0 Å². The molecule has 3 aromatic rings. The molecule has 35 heavy (non-hydrogen) atoms. The van der Waals surface area contributed by atoms with Crippen molar-refractivity contribution in [1.29, 1.82) is 0 Å². The van der Waals surface area contributed by atoms with Gasteiger partial charge in [0.1, 0.15) is 12.4 Å². The quantitative estimate of drug-likeness (QED) is 0.184. The van der Waals surface area contributed by atoms with Gasteiger partial charge in [0.05, 0.1) is 22.8 Å². The largest absolute Gasteiger partial charge is 0.487 e. The summed E-state index contributed by atoms with van der Waals surface area (Å²) >= 11 is 21.7. The van der Waals surface area contributed by atoms with Crippen molar-refractivity contribution in [2.45, 2.75) is 13.5 Å². The second-order valence-electron chi connectivity index (χ2n) is 7.35. The number of hydrogen-bond donors (Lipinski definition) is 0. The van der Waals surface area contributed by atoms with Gasteiger partial charge in [-0.1, -0.05) is 41.4 Å². The standard InChI is InChI=1S/C25H17BrCl2I2N2O2S/c1-2-32-24(33)22(35-25(32)31-16-7-8-17(26)19(28)12-16)11-14-9-20(29)23(21(30)10-14)34-13-15-5-3-4-6-18(15)27/h3-12H,2,13H2,1H3/b22-11-,31-25?. The van der Waals surface area contributed by atoms with E-state index in [0.29, 0.717) is 39.0 Å². The highest BCUT2D eigenvalue weighted by Gasteiger charge is 2.32. The summed E-state index contributed by atoms with van der Waals surface area (Å²) in [4.78, 5) is 20.0. The fourth-order valence-corrected chi connectivity index (χ4v) is 7.05. The molecule has 1 heterocycles. The molecule has 1 aliphatic heterocycles. The lowest BCUT2D eigenvalue weighted by Crippen LogP contribution is -2.28. The monoisotopic (exact) mass is 812 g/mol. The van der Waals surface area contributed by atoms with Crippen LogP contribution < -0.4 is 4.74 Å². The third kappa shape index (κ3) is 6.56. The van der Waals surface area contributed by atoms with Crippen LogP contribution in [0.4, 0.5) is 5.69 Å². The van der Waals surface area contributed by atoms with Gasteiger partial charge in [-0.2, -0.15) is 0 Å². The van der Waals surface area contributed by atoms with Crippen molar-refractivity contribution in [3.05, 3.63) is 92.3 Å². The second kappa shape index (κ2) is 12.2. The van der Waals surface area contributed by atoms with Gasteiger partial charge in [0.25, 0.3) is 5.91 Å². The number of carbonyl (C=O) groups excluding carboxylic acids is 1. The molecule has 10 heteroatoms. The van der Waals surface area contributed by atoms with Crippen LogP contribution in [0.3, 0.4) is 0 Å². The fraction of sp³-hybridized carbons (Fsp3) is 0.120. The Hall–Kier alpha value is -0.790. The average Bonchev–Trinajstić information content (AvgIpc) is 3.10. The molecule has 0 radical (unpaired) electrons. The van der Waals surface area contributed by atoms with Crippen LogP contribution in [0.1, 0.15) is 18.1 Å². The average molecular weight is 814 g/mol. The van der Waals surface area contributed by atoms with E-state index < -0.39 is 0 Å². The van der Waals surface area contributed by atoms with Gasteiger partial charge in [0, 0.05) is 21.6 Å². The lowest BCUT2D eigenvalue weighted by atomic mass is 10.2. The molecule has 1 saturated heterocycles. The normalized spacial score (nSPS) is 15.9. The van der Waals surface area contributed by atoms with Crippen LogP contribution in [0.5, 0.6) is 5.75 Å². The molecule has 3 aromatic carbocycles. The number of amides is 1. The minimum absolute atomic E-state index is 0.0662. The van der Waals surface area contributed by atoms with Crippen molar-refractivity contribution in [2.24, 2.45) is 4.99 Å². The number of carbonyl (C=O) groups is 1. The number of nitrogens with zero attached hydrogens (tertiary/aromatic N) is 2. The number of likely N-dealkylation sites (N-methyl/N-ethyl adjacent to an activating group) is 1. The molecule has 0 unspecified atom stereocenters. The van der Waals surface area contributed by atoms with E-state index in [9.17, 15) is 4.79 Å². The molecule has 0 atom stereocenters. The number of rotatable bonds is 6. The zero-order valence-corrected chi connectivity index (χ0v) is 26.4. The van der Waals surface area contributed by atoms with Crippen molar-refractivity contribution in [1.82, 2.24) is 4.90 Å². The van der Waals surface area contributed by atoms with Crippen molar-refractivity contribution >= 4 is 119 Å². The van der Waals surface area contributed by atoms with Crippen LogP contribution in [0.2, 0.25) is 10.0 Å². The van der Waals surface area contributed by atoms with E-state index in [1.54, 1.807) is 11.0 Å². The van der Waals surface area contributed by atoms with E-state index in [4.69, 9.17) is 27.9 Å². The molecule has 180 valence electrons. The summed E-state index contributed by atoms with van der Waals surface area (Å²) in [5.74, 6) is 0.728. The second-order valence-corrected chi connectivity index (χ2v) is 12.3. The lowest BCUT2D eigenvalue weighted by Gasteiger charge is -2.13. The van der Waals surface area contributed by atoms with Crippen LogP contribution >= 0.6 is 96.1 Å². The Kier molecular flexibility index (Phi) is 9.47. The molecule has 4 rings (SSSR count). The number of thioether (sulfide) groups is 1. The zero-order chi connectivity index (χ0) is 25.1. The smallest absolute Gasteiger partial charge is 0.266 e. The molecule has 0 N–H and O–H groups in total. The summed E-state index contributed by atoms with van der Waals surface area (Å²) in [7, 11) is 0. The number of amidine groups is 1. The van der Waals surface area contributed by atoms with Crippen LogP contribution in [0.15, 0.2) is 69.0 Å². The van der Waals surface area contributed by atoms with E-state index in [-0.39, 0.29) is 5.91 Å². The maximum absolute atomic E-state index is 13.1. The number of ether oxygens (including phenoxy) is 1. The summed E-state index contributed by atoms with van der Waals surface area (Å²) in [5, 5.41) is 1.88. The highest BCUT2D eigenvalue weighted by atomic mass is 127. The van der Waals surface area contributed by atoms with Gasteiger partial charge in [-0.05, 0) is 128 Å². The van der Waals surface area contributed by atoms with Crippen molar-refractivity contribution in [3.8, 4) is 5.75 Å². The van der Waals surface area contributed by atoms with Crippen LogP contribution in [-0.4, -0.2) is 22.5 Å². The van der Waals surface area contributed by atoms with E-state index in [0.717, 1.165) is 28.5 Å². The van der Waals surface area contributed by atoms with Crippen LogP contribution in [0, 0.1) is 7.14 Å². The first-order chi connectivity index (χ1) is 16.8. The first kappa shape index (κ1) is 27.3. The van der Waals surface area contributed by atoms with E-state index in [2.05, 4.69) is 66.1 Å². The molecule has 1 amide bonds. The molecule has 0 bridgehead atoms. The van der Waals surface area contributed by atoms with Crippen molar-refractivity contribution in [3.63, 3.8) is 0 Å². The molecular weight excluding hydrogens is 797 g/mol. The minimum Gasteiger partial charge on any atom is -0.487 e.